The van der Waals surface area contributed by atoms with Crippen LogP contribution in [0.2, 0.25) is 0 Å². The molecule has 1 N–H and O–H groups in total. The van der Waals surface area contributed by atoms with Gasteiger partial charge in [-0.15, -0.1) is 0 Å². The molecule has 0 radical (unpaired) electrons. The van der Waals surface area contributed by atoms with Gasteiger partial charge in [0.25, 0.3) is 0 Å². The summed E-state index contributed by atoms with van der Waals surface area (Å²) >= 11 is 0. The van der Waals surface area contributed by atoms with E-state index in [4.69, 9.17) is 0 Å². The minimum absolute atomic E-state index is 0.106. The molecule has 0 bridgehead atoms. The minimum atomic E-state index is -0.106. The van der Waals surface area contributed by atoms with Gasteiger partial charge < -0.3 is 15.0 Å². The first-order valence-corrected chi connectivity index (χ1v) is 5.70. The van der Waals surface area contributed by atoms with Crippen molar-refractivity contribution in [2.24, 2.45) is 5.92 Å². The van der Waals surface area contributed by atoms with Crippen LogP contribution < -0.4 is 5.32 Å². The lowest BCUT2D eigenvalue weighted by Crippen LogP contribution is -2.40. The monoisotopic (exact) mass is 214 g/mol. The Morgan fingerprint density at radius 2 is 2.40 bits per heavy atom. The second kappa shape index (κ2) is 6.80. The van der Waals surface area contributed by atoms with Crippen LogP contribution in [0.5, 0.6) is 0 Å². The molecule has 0 aromatic carbocycles. The van der Waals surface area contributed by atoms with Gasteiger partial charge in [-0.2, -0.15) is 0 Å². The molecule has 1 unspecified atom stereocenters. The summed E-state index contributed by atoms with van der Waals surface area (Å²) < 4.78 is 4.64. The molecule has 1 saturated heterocycles. The van der Waals surface area contributed by atoms with Crippen molar-refractivity contribution in [2.75, 3.05) is 40.3 Å². The second-order valence-corrected chi connectivity index (χ2v) is 4.19. The van der Waals surface area contributed by atoms with Crippen LogP contribution in [0.15, 0.2) is 0 Å². The van der Waals surface area contributed by atoms with Crippen molar-refractivity contribution in [3.8, 4) is 0 Å². The smallest absolute Gasteiger partial charge is 0.306 e. The highest BCUT2D eigenvalue weighted by molar-refractivity contribution is 5.69. The Kier molecular flexibility index (Phi) is 5.65. The molecule has 0 saturated carbocycles. The van der Waals surface area contributed by atoms with Crippen molar-refractivity contribution in [3.63, 3.8) is 0 Å². The molecule has 0 aromatic rings. The van der Waals surface area contributed by atoms with E-state index in [0.29, 0.717) is 6.42 Å². The van der Waals surface area contributed by atoms with Crippen molar-refractivity contribution in [1.82, 2.24) is 10.2 Å². The van der Waals surface area contributed by atoms with E-state index in [1.807, 2.05) is 7.05 Å². The molecule has 1 heterocycles. The van der Waals surface area contributed by atoms with E-state index in [1.165, 1.54) is 20.0 Å². The molecule has 1 rings (SSSR count). The highest BCUT2D eigenvalue weighted by atomic mass is 16.5. The summed E-state index contributed by atoms with van der Waals surface area (Å²) in [5, 5.41) is 3.22. The molecule has 1 atom stereocenters. The summed E-state index contributed by atoms with van der Waals surface area (Å²) in [5.41, 5.74) is 0. The van der Waals surface area contributed by atoms with E-state index in [9.17, 15) is 4.79 Å². The third-order valence-corrected chi connectivity index (χ3v) is 2.96. The molecule has 0 amide bonds. The van der Waals surface area contributed by atoms with Crippen LogP contribution in [0.25, 0.3) is 0 Å². The van der Waals surface area contributed by atoms with Gasteiger partial charge in [0.2, 0.25) is 0 Å². The Morgan fingerprint density at radius 3 is 3.07 bits per heavy atom. The number of hydrogen-bond acceptors (Lipinski definition) is 4. The Hall–Kier alpha value is -0.610. The van der Waals surface area contributed by atoms with E-state index in [2.05, 4.69) is 15.0 Å². The molecular formula is C11H22N2O2. The molecular weight excluding hydrogens is 192 g/mol. The van der Waals surface area contributed by atoms with E-state index >= 15 is 0 Å². The van der Waals surface area contributed by atoms with Crippen molar-refractivity contribution >= 4 is 5.97 Å². The standard InChI is InChI=1S/C11H22N2O2/c1-12-8-10-4-3-6-13(9-10)7-5-11(14)15-2/h10,12H,3-9H2,1-2H3. The largest absolute Gasteiger partial charge is 0.469 e. The van der Waals surface area contributed by atoms with Gasteiger partial charge in [0.1, 0.15) is 0 Å². The van der Waals surface area contributed by atoms with Gasteiger partial charge in [0, 0.05) is 13.1 Å². The summed E-state index contributed by atoms with van der Waals surface area (Å²) in [5.74, 6) is 0.632. The number of nitrogens with one attached hydrogen (secondary N) is 1. The van der Waals surface area contributed by atoms with Crippen molar-refractivity contribution in [2.45, 2.75) is 19.3 Å². The van der Waals surface area contributed by atoms with Crippen LogP contribution in [0.4, 0.5) is 0 Å². The van der Waals surface area contributed by atoms with E-state index in [-0.39, 0.29) is 5.97 Å². The fraction of sp³-hybridized carbons (Fsp3) is 0.909. The van der Waals surface area contributed by atoms with Gasteiger partial charge in [-0.1, -0.05) is 0 Å². The normalized spacial score (nSPS) is 22.7. The van der Waals surface area contributed by atoms with Crippen LogP contribution in [0, 0.1) is 5.92 Å². The molecule has 0 aromatic heterocycles. The number of rotatable bonds is 5. The molecule has 88 valence electrons. The third kappa shape index (κ3) is 4.62. The Labute approximate surface area is 92.0 Å². The fourth-order valence-corrected chi connectivity index (χ4v) is 2.16. The number of methoxy groups -OCH3 is 1. The topological polar surface area (TPSA) is 41.6 Å². The summed E-state index contributed by atoms with van der Waals surface area (Å²) in [6.45, 7) is 4.15. The first-order valence-electron chi connectivity index (χ1n) is 5.70. The Bertz CT molecular complexity index is 195. The van der Waals surface area contributed by atoms with Gasteiger partial charge >= 0.3 is 5.97 Å². The highest BCUT2D eigenvalue weighted by Crippen LogP contribution is 2.15. The van der Waals surface area contributed by atoms with Crippen LogP contribution in [0.1, 0.15) is 19.3 Å². The van der Waals surface area contributed by atoms with Crippen LogP contribution in [-0.2, 0) is 9.53 Å². The van der Waals surface area contributed by atoms with Gasteiger partial charge in [0.15, 0.2) is 0 Å². The number of likely N-dealkylation sites (tertiary alicyclic amines) is 1. The molecule has 0 spiro atoms. The average molecular weight is 214 g/mol. The van der Waals surface area contributed by atoms with Gasteiger partial charge in [-0.05, 0) is 38.9 Å². The molecule has 1 fully saturated rings. The third-order valence-electron chi connectivity index (χ3n) is 2.96. The first-order chi connectivity index (χ1) is 7.26. The first kappa shape index (κ1) is 12.5. The zero-order valence-corrected chi connectivity index (χ0v) is 9.79. The lowest BCUT2D eigenvalue weighted by Gasteiger charge is -2.32. The summed E-state index contributed by atoms with van der Waals surface area (Å²) in [6.07, 6.45) is 3.06. The highest BCUT2D eigenvalue weighted by Gasteiger charge is 2.19. The number of carbonyl (C=O) groups is 1. The van der Waals surface area contributed by atoms with Gasteiger partial charge in [0.05, 0.1) is 13.5 Å². The maximum atomic E-state index is 11.0. The van der Waals surface area contributed by atoms with Gasteiger partial charge in [-0.3, -0.25) is 4.79 Å². The summed E-state index contributed by atoms with van der Waals surface area (Å²) in [6, 6.07) is 0. The number of carbonyl (C=O) groups excluding carboxylic acids is 1. The fourth-order valence-electron chi connectivity index (χ4n) is 2.16. The zero-order chi connectivity index (χ0) is 11.1. The number of piperidine rings is 1. The summed E-state index contributed by atoms with van der Waals surface area (Å²) in [4.78, 5) is 13.4. The lowest BCUT2D eigenvalue weighted by atomic mass is 9.98. The van der Waals surface area contributed by atoms with Crippen molar-refractivity contribution < 1.29 is 9.53 Å². The van der Waals surface area contributed by atoms with E-state index in [0.717, 1.165) is 32.1 Å². The molecule has 0 aliphatic carbocycles. The molecule has 1 aliphatic heterocycles. The van der Waals surface area contributed by atoms with Crippen LogP contribution in [0.3, 0.4) is 0 Å². The zero-order valence-electron chi connectivity index (χ0n) is 9.79. The maximum Gasteiger partial charge on any atom is 0.306 e. The number of hydrogen-bond donors (Lipinski definition) is 1. The van der Waals surface area contributed by atoms with E-state index < -0.39 is 0 Å². The Balaban J connectivity index is 2.21. The maximum absolute atomic E-state index is 11.0. The SMILES string of the molecule is CNCC1CCCN(CCC(=O)OC)C1. The Morgan fingerprint density at radius 1 is 1.60 bits per heavy atom. The second-order valence-electron chi connectivity index (χ2n) is 4.19. The lowest BCUT2D eigenvalue weighted by molar-refractivity contribution is -0.141. The number of esters is 1. The molecule has 1 aliphatic rings. The molecule has 4 nitrogen and oxygen atoms in total. The number of nitrogens with zero attached hydrogens (tertiary/aromatic N) is 1. The van der Waals surface area contributed by atoms with Crippen molar-refractivity contribution in [3.05, 3.63) is 0 Å². The van der Waals surface area contributed by atoms with Crippen LogP contribution in [-0.4, -0.2) is 51.2 Å². The molecule has 15 heavy (non-hydrogen) atoms. The average Bonchev–Trinajstić information content (AvgIpc) is 2.27. The summed E-state index contributed by atoms with van der Waals surface area (Å²) in [7, 11) is 3.44. The van der Waals surface area contributed by atoms with E-state index in [1.54, 1.807) is 0 Å². The molecule has 4 heteroatoms. The van der Waals surface area contributed by atoms with Crippen LogP contribution >= 0.6 is 0 Å². The minimum Gasteiger partial charge on any atom is -0.469 e. The van der Waals surface area contributed by atoms with Gasteiger partial charge in [-0.25, -0.2) is 0 Å². The quantitative estimate of drug-likeness (QED) is 0.676. The predicted octanol–water partition coefficient (Wildman–Crippen LogP) is 0.481. The van der Waals surface area contributed by atoms with Crippen molar-refractivity contribution in [1.29, 1.82) is 0 Å². The predicted molar refractivity (Wildman–Crippen MR) is 59.7 cm³/mol. The number of ether oxygens (including phenoxy) is 1.